The summed E-state index contributed by atoms with van der Waals surface area (Å²) < 4.78 is 26.5. The smallest absolute Gasteiger partial charge is 0.257 e. The molecule has 1 aromatic heterocycles. The van der Waals surface area contributed by atoms with Crippen molar-refractivity contribution in [3.8, 4) is 0 Å². The molecule has 0 radical (unpaired) electrons. The largest absolute Gasteiger partial charge is 0.370 e. The molecule has 0 aliphatic carbocycles. The van der Waals surface area contributed by atoms with Crippen LogP contribution in [0.25, 0.3) is 0 Å². The molecule has 26 heavy (non-hydrogen) atoms. The second kappa shape index (κ2) is 8.20. The molecule has 0 aliphatic rings. The lowest BCUT2D eigenvalue weighted by molar-refractivity contribution is 0.102. The summed E-state index contributed by atoms with van der Waals surface area (Å²) in [5.74, 6) is -1.40. The number of hydrogen-bond donors (Lipinski definition) is 2. The van der Waals surface area contributed by atoms with E-state index in [0.29, 0.717) is 18.4 Å². The van der Waals surface area contributed by atoms with Gasteiger partial charge in [0.1, 0.15) is 17.5 Å². The number of anilines is 2. The van der Waals surface area contributed by atoms with Gasteiger partial charge in [0, 0.05) is 18.8 Å². The van der Waals surface area contributed by atoms with E-state index in [1.165, 1.54) is 17.8 Å². The predicted molar refractivity (Wildman–Crippen MR) is 97.2 cm³/mol. The van der Waals surface area contributed by atoms with Crippen LogP contribution >= 0.6 is 0 Å². The van der Waals surface area contributed by atoms with Crippen molar-refractivity contribution >= 4 is 17.4 Å². The van der Waals surface area contributed by atoms with Gasteiger partial charge in [0.25, 0.3) is 5.91 Å². The maximum Gasteiger partial charge on any atom is 0.257 e. The van der Waals surface area contributed by atoms with Crippen LogP contribution in [0.1, 0.15) is 15.9 Å². The molecule has 1 amide bonds. The fraction of sp³-hybridized carbons (Fsp3) is 0.100. The minimum Gasteiger partial charge on any atom is -0.370 e. The zero-order chi connectivity index (χ0) is 18.4. The number of rotatable bonds is 6. The maximum absolute atomic E-state index is 13.6. The lowest BCUT2D eigenvalue weighted by Crippen LogP contribution is -2.14. The molecule has 1 heterocycles. The van der Waals surface area contributed by atoms with Gasteiger partial charge in [-0.1, -0.05) is 30.3 Å². The first-order chi connectivity index (χ1) is 12.6. The number of nitrogens with zero attached hydrogens (tertiary/aromatic N) is 1. The molecule has 0 aliphatic heterocycles. The second-order valence-corrected chi connectivity index (χ2v) is 5.67. The number of carbonyl (C=O) groups is 1. The molecular formula is C20H17F2N3O. The summed E-state index contributed by atoms with van der Waals surface area (Å²) in [7, 11) is 0. The number of benzene rings is 2. The number of carbonyl (C=O) groups excluding carboxylic acids is 1. The fourth-order valence-electron chi connectivity index (χ4n) is 2.40. The first-order valence-electron chi connectivity index (χ1n) is 8.12. The molecule has 2 N–H and O–H groups in total. The number of nitrogens with one attached hydrogen (secondary N) is 2. The summed E-state index contributed by atoms with van der Waals surface area (Å²) >= 11 is 0. The van der Waals surface area contributed by atoms with E-state index in [-0.39, 0.29) is 11.3 Å². The third kappa shape index (κ3) is 4.63. The number of pyridine rings is 1. The van der Waals surface area contributed by atoms with Crippen molar-refractivity contribution in [2.24, 2.45) is 0 Å². The Morgan fingerprint density at radius 3 is 2.50 bits per heavy atom. The Bertz CT molecular complexity index is 883. The van der Waals surface area contributed by atoms with Crippen molar-refractivity contribution in [3.63, 3.8) is 0 Å². The van der Waals surface area contributed by atoms with Crippen molar-refractivity contribution in [2.75, 3.05) is 17.2 Å². The lowest BCUT2D eigenvalue weighted by atomic mass is 10.1. The number of amides is 1. The topological polar surface area (TPSA) is 54.0 Å². The van der Waals surface area contributed by atoms with Crippen LogP contribution in [0.2, 0.25) is 0 Å². The van der Waals surface area contributed by atoms with Crippen molar-refractivity contribution in [1.82, 2.24) is 4.98 Å². The van der Waals surface area contributed by atoms with E-state index in [9.17, 15) is 13.6 Å². The summed E-state index contributed by atoms with van der Waals surface area (Å²) in [6.45, 7) is 0.712. The van der Waals surface area contributed by atoms with Gasteiger partial charge in [0.2, 0.25) is 0 Å². The first-order valence-corrected chi connectivity index (χ1v) is 8.12. The van der Waals surface area contributed by atoms with Crippen LogP contribution in [-0.4, -0.2) is 17.4 Å². The quantitative estimate of drug-likeness (QED) is 0.696. The predicted octanol–water partition coefficient (Wildman–Crippen LogP) is 4.27. The number of halogens is 2. The van der Waals surface area contributed by atoms with Gasteiger partial charge in [-0.3, -0.25) is 4.79 Å². The van der Waals surface area contributed by atoms with E-state index in [1.807, 2.05) is 18.2 Å². The highest BCUT2D eigenvalue weighted by Crippen LogP contribution is 2.16. The Morgan fingerprint density at radius 1 is 1.00 bits per heavy atom. The standard InChI is InChI=1S/C20H17F2N3O/c21-16-7-8-18(17(22)12-16)25-20(26)15-6-9-19(24-13-15)23-11-10-14-4-2-1-3-5-14/h1-9,12-13H,10-11H2,(H,23,24)(H,25,26). The van der Waals surface area contributed by atoms with Gasteiger partial charge in [-0.25, -0.2) is 13.8 Å². The Labute approximate surface area is 149 Å². The molecule has 0 fully saturated rings. The second-order valence-electron chi connectivity index (χ2n) is 5.67. The van der Waals surface area contributed by atoms with Gasteiger partial charge in [-0.2, -0.15) is 0 Å². The van der Waals surface area contributed by atoms with Gasteiger partial charge in [0.15, 0.2) is 0 Å². The van der Waals surface area contributed by atoms with Gasteiger partial charge in [-0.15, -0.1) is 0 Å². The van der Waals surface area contributed by atoms with E-state index in [1.54, 1.807) is 12.1 Å². The SMILES string of the molecule is O=C(Nc1ccc(F)cc1F)c1ccc(NCCc2ccccc2)nc1. The van der Waals surface area contributed by atoms with E-state index < -0.39 is 17.5 Å². The molecule has 3 aromatic rings. The van der Waals surface area contributed by atoms with Gasteiger partial charge < -0.3 is 10.6 Å². The van der Waals surface area contributed by atoms with Crippen LogP contribution in [-0.2, 0) is 6.42 Å². The summed E-state index contributed by atoms with van der Waals surface area (Å²) in [6, 6.07) is 16.3. The van der Waals surface area contributed by atoms with Crippen LogP contribution in [0.4, 0.5) is 20.3 Å². The molecule has 0 bridgehead atoms. The van der Waals surface area contributed by atoms with Crippen molar-refractivity contribution in [3.05, 3.63) is 89.6 Å². The Morgan fingerprint density at radius 2 is 1.81 bits per heavy atom. The summed E-state index contributed by atoms with van der Waals surface area (Å²) in [4.78, 5) is 16.3. The molecule has 3 rings (SSSR count). The normalized spacial score (nSPS) is 10.4. The van der Waals surface area contributed by atoms with E-state index in [2.05, 4.69) is 27.8 Å². The molecule has 0 unspecified atom stereocenters. The molecule has 4 nitrogen and oxygen atoms in total. The first kappa shape index (κ1) is 17.5. The number of aromatic nitrogens is 1. The molecule has 0 spiro atoms. The molecule has 132 valence electrons. The average Bonchev–Trinajstić information content (AvgIpc) is 2.65. The van der Waals surface area contributed by atoms with Crippen LogP contribution in [0.5, 0.6) is 0 Å². The lowest BCUT2D eigenvalue weighted by Gasteiger charge is -2.08. The van der Waals surface area contributed by atoms with Gasteiger partial charge in [0.05, 0.1) is 11.3 Å². The highest BCUT2D eigenvalue weighted by molar-refractivity contribution is 6.04. The van der Waals surface area contributed by atoms with Crippen LogP contribution in [0.3, 0.4) is 0 Å². The molecule has 6 heteroatoms. The molecule has 2 aromatic carbocycles. The fourth-order valence-corrected chi connectivity index (χ4v) is 2.40. The number of hydrogen-bond acceptors (Lipinski definition) is 3. The van der Waals surface area contributed by atoms with Gasteiger partial charge >= 0.3 is 0 Å². The minimum absolute atomic E-state index is 0.0820. The third-order valence-electron chi connectivity index (χ3n) is 3.77. The zero-order valence-electron chi connectivity index (χ0n) is 13.9. The Kier molecular flexibility index (Phi) is 5.53. The summed E-state index contributed by atoms with van der Waals surface area (Å²) in [6.07, 6.45) is 2.26. The molecule has 0 atom stereocenters. The third-order valence-corrected chi connectivity index (χ3v) is 3.77. The highest BCUT2D eigenvalue weighted by atomic mass is 19.1. The van der Waals surface area contributed by atoms with E-state index in [4.69, 9.17) is 0 Å². The monoisotopic (exact) mass is 353 g/mol. The highest BCUT2D eigenvalue weighted by Gasteiger charge is 2.10. The van der Waals surface area contributed by atoms with Crippen molar-refractivity contribution in [2.45, 2.75) is 6.42 Å². The van der Waals surface area contributed by atoms with Crippen LogP contribution < -0.4 is 10.6 Å². The van der Waals surface area contributed by atoms with E-state index >= 15 is 0 Å². The van der Waals surface area contributed by atoms with Crippen LogP contribution in [0, 0.1) is 11.6 Å². The van der Waals surface area contributed by atoms with Crippen molar-refractivity contribution in [1.29, 1.82) is 0 Å². The van der Waals surface area contributed by atoms with Crippen LogP contribution in [0.15, 0.2) is 66.9 Å². The Hall–Kier alpha value is -3.28. The summed E-state index contributed by atoms with van der Waals surface area (Å²) in [5, 5.41) is 5.58. The Balaban J connectivity index is 1.55. The summed E-state index contributed by atoms with van der Waals surface area (Å²) in [5.41, 5.74) is 1.42. The minimum atomic E-state index is -0.828. The average molecular weight is 353 g/mol. The molecule has 0 saturated carbocycles. The molecular weight excluding hydrogens is 336 g/mol. The van der Waals surface area contributed by atoms with Crippen molar-refractivity contribution < 1.29 is 13.6 Å². The van der Waals surface area contributed by atoms with E-state index in [0.717, 1.165) is 12.5 Å². The van der Waals surface area contributed by atoms with Gasteiger partial charge in [-0.05, 0) is 36.2 Å². The molecule has 0 saturated heterocycles. The zero-order valence-corrected chi connectivity index (χ0v) is 13.9. The maximum atomic E-state index is 13.6.